The maximum atomic E-state index is 12.2. The summed E-state index contributed by atoms with van der Waals surface area (Å²) in [4.78, 5) is 24.3. The average molecular weight is 343 g/mol. The normalized spacial score (nSPS) is 13.4. The minimum atomic E-state index is -0.176. The minimum absolute atomic E-state index is 0.117. The van der Waals surface area contributed by atoms with E-state index in [0.29, 0.717) is 28.7 Å². The van der Waals surface area contributed by atoms with E-state index in [1.165, 1.54) is 0 Å². The zero-order chi connectivity index (χ0) is 16.9. The van der Waals surface area contributed by atoms with Crippen LogP contribution < -0.4 is 10.6 Å². The second-order valence-electron chi connectivity index (χ2n) is 5.96. The van der Waals surface area contributed by atoms with Crippen LogP contribution in [0.15, 0.2) is 48.5 Å². The molecule has 2 N–H and O–H groups in total. The molecule has 0 spiro atoms. The van der Waals surface area contributed by atoms with E-state index in [9.17, 15) is 9.59 Å². The Morgan fingerprint density at radius 1 is 1.00 bits per heavy atom. The largest absolute Gasteiger partial charge is 0.352 e. The number of hydrogen-bond donors (Lipinski definition) is 2. The molecule has 0 radical (unpaired) electrons. The summed E-state index contributed by atoms with van der Waals surface area (Å²) in [5.41, 5.74) is 2.12. The van der Waals surface area contributed by atoms with Crippen molar-refractivity contribution >= 4 is 23.4 Å². The van der Waals surface area contributed by atoms with Crippen molar-refractivity contribution in [2.75, 3.05) is 6.54 Å². The van der Waals surface area contributed by atoms with Gasteiger partial charge in [0.05, 0.1) is 0 Å². The number of nitrogens with one attached hydrogen (secondary N) is 2. The van der Waals surface area contributed by atoms with Gasteiger partial charge in [0.15, 0.2) is 0 Å². The van der Waals surface area contributed by atoms with Gasteiger partial charge in [-0.25, -0.2) is 0 Å². The Bertz CT molecular complexity index is 739. The Morgan fingerprint density at radius 2 is 1.67 bits per heavy atom. The van der Waals surface area contributed by atoms with Gasteiger partial charge in [0.2, 0.25) is 0 Å². The monoisotopic (exact) mass is 342 g/mol. The Balaban J connectivity index is 1.54. The van der Waals surface area contributed by atoms with Crippen LogP contribution in [0.3, 0.4) is 0 Å². The molecule has 5 heteroatoms. The van der Waals surface area contributed by atoms with Crippen LogP contribution in [-0.4, -0.2) is 24.4 Å². The van der Waals surface area contributed by atoms with Crippen molar-refractivity contribution < 1.29 is 9.59 Å². The summed E-state index contributed by atoms with van der Waals surface area (Å²) in [5.74, 6) is -0.293. The minimum Gasteiger partial charge on any atom is -0.352 e. The first-order chi connectivity index (χ1) is 11.6. The number of halogens is 1. The van der Waals surface area contributed by atoms with Gasteiger partial charge in [-0.3, -0.25) is 9.59 Å². The van der Waals surface area contributed by atoms with Crippen molar-refractivity contribution in [1.29, 1.82) is 0 Å². The van der Waals surface area contributed by atoms with Crippen LogP contribution in [0.1, 0.15) is 39.1 Å². The molecule has 0 unspecified atom stereocenters. The average Bonchev–Trinajstić information content (AvgIpc) is 3.40. The molecule has 0 heterocycles. The summed E-state index contributed by atoms with van der Waals surface area (Å²) >= 11 is 5.85. The number of benzene rings is 2. The number of rotatable bonds is 6. The summed E-state index contributed by atoms with van der Waals surface area (Å²) in [6.45, 7) is 0.527. The number of carbonyl (C=O) groups excluding carboxylic acids is 2. The first kappa shape index (κ1) is 16.5. The van der Waals surface area contributed by atoms with E-state index in [-0.39, 0.29) is 11.8 Å². The summed E-state index contributed by atoms with van der Waals surface area (Å²) in [5, 5.41) is 6.50. The van der Waals surface area contributed by atoms with Crippen LogP contribution in [0.4, 0.5) is 0 Å². The van der Waals surface area contributed by atoms with Crippen molar-refractivity contribution in [1.82, 2.24) is 10.6 Å². The van der Waals surface area contributed by atoms with E-state index in [1.54, 1.807) is 24.3 Å². The van der Waals surface area contributed by atoms with Gasteiger partial charge in [-0.15, -0.1) is 0 Å². The molecule has 0 aromatic heterocycles. The number of hydrogen-bond acceptors (Lipinski definition) is 2. The summed E-state index contributed by atoms with van der Waals surface area (Å²) in [6, 6.07) is 14.7. The van der Waals surface area contributed by atoms with E-state index < -0.39 is 0 Å². The SMILES string of the molecule is O=C(NCCc1ccc(Cl)cc1)c1cccc(C(=O)NC2CC2)c1. The van der Waals surface area contributed by atoms with Crippen LogP contribution in [0.5, 0.6) is 0 Å². The second-order valence-corrected chi connectivity index (χ2v) is 6.40. The fourth-order valence-electron chi connectivity index (χ4n) is 2.37. The van der Waals surface area contributed by atoms with Crippen LogP contribution in [0, 0.1) is 0 Å². The standard InChI is InChI=1S/C19H19ClN2O2/c20-16-6-4-13(5-7-16)10-11-21-18(23)14-2-1-3-15(12-14)19(24)22-17-8-9-17/h1-7,12,17H,8-11H2,(H,21,23)(H,22,24). The molecule has 2 aromatic carbocycles. The molecule has 1 fully saturated rings. The first-order valence-corrected chi connectivity index (χ1v) is 8.43. The Kier molecular flexibility index (Phi) is 5.16. The van der Waals surface area contributed by atoms with Crippen molar-refractivity contribution in [3.8, 4) is 0 Å². The highest BCUT2D eigenvalue weighted by atomic mass is 35.5. The molecule has 0 aliphatic heterocycles. The van der Waals surface area contributed by atoms with Crippen LogP contribution in [-0.2, 0) is 6.42 Å². The molecule has 24 heavy (non-hydrogen) atoms. The van der Waals surface area contributed by atoms with Crippen molar-refractivity contribution in [2.45, 2.75) is 25.3 Å². The van der Waals surface area contributed by atoms with Crippen LogP contribution in [0.25, 0.3) is 0 Å². The fourth-order valence-corrected chi connectivity index (χ4v) is 2.50. The molecule has 3 rings (SSSR count). The van der Waals surface area contributed by atoms with E-state index in [2.05, 4.69) is 10.6 Å². The van der Waals surface area contributed by atoms with E-state index >= 15 is 0 Å². The summed E-state index contributed by atoms with van der Waals surface area (Å²) in [6.07, 6.45) is 2.80. The molecule has 124 valence electrons. The van der Waals surface area contributed by atoms with Gasteiger partial charge < -0.3 is 10.6 Å². The lowest BCUT2D eigenvalue weighted by Gasteiger charge is -2.08. The third-order valence-electron chi connectivity index (χ3n) is 3.91. The van der Waals surface area contributed by atoms with Gasteiger partial charge in [0.25, 0.3) is 11.8 Å². The van der Waals surface area contributed by atoms with Gasteiger partial charge in [-0.1, -0.05) is 29.8 Å². The van der Waals surface area contributed by atoms with Gasteiger partial charge >= 0.3 is 0 Å². The quantitative estimate of drug-likeness (QED) is 0.847. The van der Waals surface area contributed by atoms with Crippen LogP contribution in [0.2, 0.25) is 5.02 Å². The topological polar surface area (TPSA) is 58.2 Å². The zero-order valence-corrected chi connectivity index (χ0v) is 14.0. The fraction of sp³-hybridized carbons (Fsp3) is 0.263. The molecule has 4 nitrogen and oxygen atoms in total. The molecular formula is C19H19ClN2O2. The third kappa shape index (κ3) is 4.59. The highest BCUT2D eigenvalue weighted by Crippen LogP contribution is 2.19. The van der Waals surface area contributed by atoms with Crippen molar-refractivity contribution in [2.24, 2.45) is 0 Å². The molecule has 1 aliphatic rings. The molecule has 1 aliphatic carbocycles. The highest BCUT2D eigenvalue weighted by molar-refractivity contribution is 6.30. The Labute approximate surface area is 146 Å². The molecular weight excluding hydrogens is 324 g/mol. The lowest BCUT2D eigenvalue weighted by atomic mass is 10.1. The van der Waals surface area contributed by atoms with Crippen molar-refractivity contribution in [3.63, 3.8) is 0 Å². The Hall–Kier alpha value is -2.33. The smallest absolute Gasteiger partial charge is 0.251 e. The molecule has 0 bridgehead atoms. The molecule has 0 atom stereocenters. The lowest BCUT2D eigenvalue weighted by Crippen LogP contribution is -2.27. The van der Waals surface area contributed by atoms with Gasteiger partial charge in [0, 0.05) is 28.7 Å². The summed E-state index contributed by atoms with van der Waals surface area (Å²) in [7, 11) is 0. The predicted molar refractivity (Wildman–Crippen MR) is 94.4 cm³/mol. The molecule has 0 saturated heterocycles. The number of carbonyl (C=O) groups is 2. The zero-order valence-electron chi connectivity index (χ0n) is 13.2. The molecule has 1 saturated carbocycles. The summed E-state index contributed by atoms with van der Waals surface area (Å²) < 4.78 is 0. The van der Waals surface area contributed by atoms with Gasteiger partial charge in [0.1, 0.15) is 0 Å². The first-order valence-electron chi connectivity index (χ1n) is 8.05. The molecule has 2 amide bonds. The number of amides is 2. The molecule has 2 aromatic rings. The van der Waals surface area contributed by atoms with E-state index in [4.69, 9.17) is 11.6 Å². The predicted octanol–water partition coefficient (Wildman–Crippen LogP) is 3.20. The highest BCUT2D eigenvalue weighted by Gasteiger charge is 2.24. The third-order valence-corrected chi connectivity index (χ3v) is 4.16. The van der Waals surface area contributed by atoms with Gasteiger partial charge in [-0.05, 0) is 55.2 Å². The van der Waals surface area contributed by atoms with E-state index in [1.807, 2.05) is 24.3 Å². The van der Waals surface area contributed by atoms with Gasteiger partial charge in [-0.2, -0.15) is 0 Å². The Morgan fingerprint density at radius 3 is 2.33 bits per heavy atom. The second kappa shape index (κ2) is 7.49. The van der Waals surface area contributed by atoms with E-state index in [0.717, 1.165) is 24.8 Å². The lowest BCUT2D eigenvalue weighted by molar-refractivity contribution is 0.0951. The maximum absolute atomic E-state index is 12.2. The van der Waals surface area contributed by atoms with Crippen molar-refractivity contribution in [3.05, 3.63) is 70.2 Å². The maximum Gasteiger partial charge on any atom is 0.251 e. The van der Waals surface area contributed by atoms with Crippen LogP contribution >= 0.6 is 11.6 Å².